The fourth-order valence-corrected chi connectivity index (χ4v) is 4.07. The molecule has 1 aliphatic heterocycles. The monoisotopic (exact) mass is 385 g/mol. The Morgan fingerprint density at radius 3 is 2.59 bits per heavy atom. The van der Waals surface area contributed by atoms with E-state index >= 15 is 0 Å². The maximum Gasteiger partial charge on any atom is 0.253 e. The molecule has 3 aromatic rings. The molecule has 0 unspecified atom stereocenters. The summed E-state index contributed by atoms with van der Waals surface area (Å²) in [5.41, 5.74) is 3.51. The number of nitrogens with two attached hydrogens (primary N) is 1. The van der Waals surface area contributed by atoms with Crippen LogP contribution in [0.15, 0.2) is 47.4 Å². The lowest BCUT2D eigenvalue weighted by atomic mass is 10.1. The van der Waals surface area contributed by atoms with E-state index in [1.807, 2.05) is 18.2 Å². The van der Waals surface area contributed by atoms with Gasteiger partial charge in [-0.3, -0.25) is 4.79 Å². The largest absolute Gasteiger partial charge is 0.497 e. The average molecular weight is 385 g/mol. The van der Waals surface area contributed by atoms with Crippen molar-refractivity contribution in [3.8, 4) is 5.75 Å². The normalized spacial score (nSPS) is 14.1. The molecular formula is C19H19N3O4S. The molecule has 3 N–H and O–H groups in total. The van der Waals surface area contributed by atoms with E-state index in [1.54, 1.807) is 19.2 Å². The summed E-state index contributed by atoms with van der Waals surface area (Å²) in [5, 5.41) is 8.91. The van der Waals surface area contributed by atoms with Gasteiger partial charge in [0, 0.05) is 36.1 Å². The number of hydrogen-bond donors (Lipinski definition) is 2. The van der Waals surface area contributed by atoms with Crippen LogP contribution in [-0.4, -0.2) is 32.5 Å². The molecule has 0 aliphatic carbocycles. The fraction of sp³-hybridized carbons (Fsp3) is 0.211. The second-order valence-corrected chi connectivity index (χ2v) is 8.05. The number of nitrogens with zero attached hydrogens (tertiary/aromatic N) is 1. The van der Waals surface area contributed by atoms with Crippen molar-refractivity contribution in [2.24, 2.45) is 5.14 Å². The van der Waals surface area contributed by atoms with E-state index in [0.29, 0.717) is 24.4 Å². The van der Waals surface area contributed by atoms with Crippen LogP contribution >= 0.6 is 0 Å². The summed E-state index contributed by atoms with van der Waals surface area (Å²) in [5.74, 6) is 0.608. The molecule has 140 valence electrons. The highest BCUT2D eigenvalue weighted by atomic mass is 32.2. The van der Waals surface area contributed by atoms with Gasteiger partial charge >= 0.3 is 0 Å². The second-order valence-electron chi connectivity index (χ2n) is 6.49. The topological polar surface area (TPSA) is 103 Å². The first-order chi connectivity index (χ1) is 12.9. The van der Waals surface area contributed by atoms with Gasteiger partial charge in [-0.15, -0.1) is 0 Å². The predicted molar refractivity (Wildman–Crippen MR) is 101 cm³/mol. The molecule has 0 atom stereocenters. The summed E-state index contributed by atoms with van der Waals surface area (Å²) in [6, 6.07) is 12.2. The first kappa shape index (κ1) is 17.6. The summed E-state index contributed by atoms with van der Waals surface area (Å²) in [6.07, 6.45) is 0.729. The van der Waals surface area contributed by atoms with Crippen molar-refractivity contribution in [2.45, 2.75) is 17.9 Å². The van der Waals surface area contributed by atoms with Crippen molar-refractivity contribution in [3.05, 3.63) is 59.3 Å². The molecule has 4 rings (SSSR count). The molecular weight excluding hydrogens is 366 g/mol. The van der Waals surface area contributed by atoms with E-state index in [4.69, 9.17) is 9.88 Å². The highest BCUT2D eigenvalue weighted by Crippen LogP contribution is 2.32. The number of primary sulfonamides is 1. The number of benzene rings is 2. The van der Waals surface area contributed by atoms with Crippen LogP contribution in [-0.2, 0) is 23.0 Å². The molecule has 27 heavy (non-hydrogen) atoms. The van der Waals surface area contributed by atoms with E-state index in [-0.39, 0.29) is 10.8 Å². The Morgan fingerprint density at radius 2 is 1.93 bits per heavy atom. The molecule has 2 heterocycles. The Balaban J connectivity index is 1.83. The fourth-order valence-electron chi connectivity index (χ4n) is 3.56. The van der Waals surface area contributed by atoms with Gasteiger partial charge in [-0.05, 0) is 35.9 Å². The predicted octanol–water partition coefficient (Wildman–Crippen LogP) is 1.63. The Hall–Kier alpha value is -2.84. The first-order valence-corrected chi connectivity index (χ1v) is 10.0. The van der Waals surface area contributed by atoms with Crippen LogP contribution in [0.1, 0.15) is 21.6 Å². The van der Waals surface area contributed by atoms with E-state index < -0.39 is 10.0 Å². The zero-order chi connectivity index (χ0) is 19.2. The minimum atomic E-state index is -3.72. The minimum absolute atomic E-state index is 0.0785. The molecule has 0 saturated carbocycles. The Kier molecular flexibility index (Phi) is 4.16. The zero-order valence-electron chi connectivity index (χ0n) is 14.7. The molecule has 8 heteroatoms. The minimum Gasteiger partial charge on any atom is -0.497 e. The lowest BCUT2D eigenvalue weighted by molar-refractivity contribution is 0.0947. The number of carbonyl (C=O) groups is 1. The van der Waals surface area contributed by atoms with Crippen LogP contribution in [0.2, 0.25) is 0 Å². The number of methoxy groups -OCH3 is 1. The van der Waals surface area contributed by atoms with Crippen molar-refractivity contribution < 1.29 is 17.9 Å². The highest BCUT2D eigenvalue weighted by molar-refractivity contribution is 7.89. The molecule has 7 nitrogen and oxygen atoms in total. The van der Waals surface area contributed by atoms with E-state index in [2.05, 4.69) is 9.88 Å². The van der Waals surface area contributed by atoms with Crippen LogP contribution in [0, 0.1) is 0 Å². The maximum atomic E-state index is 12.5. The number of amides is 1. The second kappa shape index (κ2) is 6.40. The quantitative estimate of drug-likeness (QED) is 0.712. The van der Waals surface area contributed by atoms with Crippen molar-refractivity contribution >= 4 is 26.8 Å². The maximum absolute atomic E-state index is 12.5. The van der Waals surface area contributed by atoms with Gasteiger partial charge in [-0.2, -0.15) is 0 Å². The molecule has 2 aromatic carbocycles. The van der Waals surface area contributed by atoms with Crippen LogP contribution in [0.25, 0.3) is 10.9 Å². The summed E-state index contributed by atoms with van der Waals surface area (Å²) in [6.45, 7) is 1.11. The van der Waals surface area contributed by atoms with Gasteiger partial charge in [-0.25, -0.2) is 13.6 Å². The third kappa shape index (κ3) is 3.07. The molecule has 0 bridgehead atoms. The molecule has 1 aromatic heterocycles. The number of aromatic nitrogens is 1. The smallest absolute Gasteiger partial charge is 0.253 e. The van der Waals surface area contributed by atoms with Crippen LogP contribution < -0.4 is 15.2 Å². The highest BCUT2D eigenvalue weighted by Gasteiger charge is 2.26. The Bertz CT molecular complexity index is 1150. The van der Waals surface area contributed by atoms with Crippen molar-refractivity contribution in [2.75, 3.05) is 13.7 Å². The molecule has 1 aliphatic rings. The van der Waals surface area contributed by atoms with Crippen LogP contribution in [0.4, 0.5) is 0 Å². The molecule has 0 fully saturated rings. The van der Waals surface area contributed by atoms with Gasteiger partial charge in [0.1, 0.15) is 5.75 Å². The SMILES string of the molecule is COc1ccc2c(c1)c1c(n2Cc2ccc(S(N)(=O)=O)cc2)CCNC1=O. The number of sulfonamides is 1. The van der Waals surface area contributed by atoms with Crippen molar-refractivity contribution in [1.82, 2.24) is 9.88 Å². The molecule has 0 radical (unpaired) electrons. The third-order valence-electron chi connectivity index (χ3n) is 4.85. The van der Waals surface area contributed by atoms with Gasteiger partial charge in [0.25, 0.3) is 5.91 Å². The summed E-state index contributed by atoms with van der Waals surface area (Å²) in [4.78, 5) is 12.6. The van der Waals surface area contributed by atoms with Crippen molar-refractivity contribution in [3.63, 3.8) is 0 Å². The summed E-state index contributed by atoms with van der Waals surface area (Å²) in [7, 11) is -2.12. The van der Waals surface area contributed by atoms with E-state index in [9.17, 15) is 13.2 Å². The number of carbonyl (C=O) groups excluding carboxylic acids is 1. The van der Waals surface area contributed by atoms with E-state index in [1.165, 1.54) is 12.1 Å². The lowest BCUT2D eigenvalue weighted by Gasteiger charge is -2.17. The summed E-state index contributed by atoms with van der Waals surface area (Å²) < 4.78 is 30.3. The number of fused-ring (bicyclic) bond motifs is 3. The standard InChI is InChI=1S/C19H19N3O4S/c1-26-13-4-7-16-15(10-13)18-17(8-9-21-19(18)23)22(16)11-12-2-5-14(6-3-12)27(20,24)25/h2-7,10H,8-9,11H2,1H3,(H,21,23)(H2,20,24,25). The van der Waals surface area contributed by atoms with Gasteiger partial charge in [0.05, 0.1) is 17.6 Å². The van der Waals surface area contributed by atoms with Gasteiger partial charge < -0.3 is 14.6 Å². The summed E-state index contributed by atoms with van der Waals surface area (Å²) >= 11 is 0. The number of ether oxygens (including phenoxy) is 1. The van der Waals surface area contributed by atoms with Gasteiger partial charge in [0.15, 0.2) is 0 Å². The molecule has 0 saturated heterocycles. The van der Waals surface area contributed by atoms with E-state index in [0.717, 1.165) is 28.6 Å². The zero-order valence-corrected chi connectivity index (χ0v) is 15.5. The Morgan fingerprint density at radius 1 is 1.19 bits per heavy atom. The Labute approximate surface area is 156 Å². The van der Waals surface area contributed by atoms with Crippen LogP contribution in [0.5, 0.6) is 5.75 Å². The molecule has 0 spiro atoms. The van der Waals surface area contributed by atoms with Gasteiger partial charge in [-0.1, -0.05) is 12.1 Å². The molecule has 1 amide bonds. The lowest BCUT2D eigenvalue weighted by Crippen LogP contribution is -2.32. The third-order valence-corrected chi connectivity index (χ3v) is 5.77. The average Bonchev–Trinajstić information content (AvgIpc) is 2.96. The van der Waals surface area contributed by atoms with Crippen LogP contribution in [0.3, 0.4) is 0 Å². The number of nitrogens with one attached hydrogen (secondary N) is 1. The number of hydrogen-bond acceptors (Lipinski definition) is 4. The van der Waals surface area contributed by atoms with Gasteiger partial charge in [0.2, 0.25) is 10.0 Å². The van der Waals surface area contributed by atoms with Crippen molar-refractivity contribution in [1.29, 1.82) is 0 Å². The first-order valence-electron chi connectivity index (χ1n) is 8.47. The number of rotatable bonds is 4.